The zero-order chi connectivity index (χ0) is 24.0. The predicted molar refractivity (Wildman–Crippen MR) is 114 cm³/mol. The van der Waals surface area contributed by atoms with Gasteiger partial charge in [0.25, 0.3) is 0 Å². The normalized spacial score (nSPS) is 16.1. The summed E-state index contributed by atoms with van der Waals surface area (Å²) < 4.78 is 51.5. The van der Waals surface area contributed by atoms with Crippen LogP contribution in [-0.2, 0) is 27.5 Å². The summed E-state index contributed by atoms with van der Waals surface area (Å²) in [5.74, 6) is 0.123. The van der Waals surface area contributed by atoms with E-state index in [1.165, 1.54) is 14.2 Å². The van der Waals surface area contributed by atoms with Gasteiger partial charge in [-0.25, -0.2) is 0 Å². The number of ether oxygens (including phenoxy) is 3. The molecule has 1 atom stereocenters. The summed E-state index contributed by atoms with van der Waals surface area (Å²) in [5, 5.41) is 2.81. The first-order valence-corrected chi connectivity index (χ1v) is 10.2. The second-order valence-corrected chi connectivity index (χ2v) is 7.59. The van der Waals surface area contributed by atoms with Crippen molar-refractivity contribution in [2.45, 2.75) is 25.7 Å². The minimum atomic E-state index is -4.36. The standard InChI is InChI=1S/C23H25F3N2O5/c1-31-19-8-7-18(10-20(19)32-2)28-12-17(9-21(28)29)22(30)27-11-15-3-5-16(6-4-15)13-33-14-23(24,25)26/h3-8,10,17H,9,11-14H2,1-2H3,(H,27,30). The molecule has 7 nitrogen and oxygen atoms in total. The third kappa shape index (κ3) is 6.61. The first kappa shape index (κ1) is 24.4. The number of carbonyl (C=O) groups excluding carboxylic acids is 2. The van der Waals surface area contributed by atoms with Crippen LogP contribution in [0.1, 0.15) is 17.5 Å². The van der Waals surface area contributed by atoms with Gasteiger partial charge in [-0.1, -0.05) is 24.3 Å². The van der Waals surface area contributed by atoms with Crippen LogP contribution in [0.25, 0.3) is 0 Å². The largest absolute Gasteiger partial charge is 0.493 e. The summed E-state index contributed by atoms with van der Waals surface area (Å²) in [6.45, 7) is -0.966. The third-order valence-corrected chi connectivity index (χ3v) is 5.20. The second kappa shape index (κ2) is 10.6. The fourth-order valence-electron chi connectivity index (χ4n) is 3.50. The SMILES string of the molecule is COc1ccc(N2CC(C(=O)NCc3ccc(COCC(F)(F)F)cc3)CC2=O)cc1OC. The first-order chi connectivity index (χ1) is 15.7. The third-order valence-electron chi connectivity index (χ3n) is 5.20. The van der Waals surface area contributed by atoms with E-state index in [0.717, 1.165) is 5.56 Å². The number of nitrogens with one attached hydrogen (secondary N) is 1. The molecule has 0 radical (unpaired) electrons. The molecule has 0 aliphatic carbocycles. The van der Waals surface area contributed by atoms with Crippen LogP contribution in [0.5, 0.6) is 11.5 Å². The molecule has 0 aromatic heterocycles. The number of rotatable bonds is 9. The Bertz CT molecular complexity index is 979. The average Bonchev–Trinajstić information content (AvgIpc) is 3.18. The number of alkyl halides is 3. The first-order valence-electron chi connectivity index (χ1n) is 10.2. The summed E-state index contributed by atoms with van der Waals surface area (Å²) in [6.07, 6.45) is -4.27. The number of anilines is 1. The Kier molecular flexibility index (Phi) is 7.80. The molecule has 1 saturated heterocycles. The Morgan fingerprint density at radius 2 is 1.73 bits per heavy atom. The fourth-order valence-corrected chi connectivity index (χ4v) is 3.50. The molecule has 1 aliphatic rings. The van der Waals surface area contributed by atoms with E-state index >= 15 is 0 Å². The van der Waals surface area contributed by atoms with Crippen LogP contribution >= 0.6 is 0 Å². The van der Waals surface area contributed by atoms with Crippen LogP contribution in [0.3, 0.4) is 0 Å². The van der Waals surface area contributed by atoms with Crippen LogP contribution < -0.4 is 19.7 Å². The van der Waals surface area contributed by atoms with E-state index < -0.39 is 18.7 Å². The molecular weight excluding hydrogens is 441 g/mol. The van der Waals surface area contributed by atoms with Gasteiger partial charge in [-0.05, 0) is 23.3 Å². The molecular formula is C23H25F3N2O5. The van der Waals surface area contributed by atoms with Crippen molar-refractivity contribution in [2.24, 2.45) is 5.92 Å². The number of nitrogens with zero attached hydrogens (tertiary/aromatic N) is 1. The average molecular weight is 466 g/mol. The molecule has 2 aromatic carbocycles. The van der Waals surface area contributed by atoms with Gasteiger partial charge in [-0.3, -0.25) is 9.59 Å². The van der Waals surface area contributed by atoms with Crippen molar-refractivity contribution in [2.75, 3.05) is 32.3 Å². The van der Waals surface area contributed by atoms with Crippen molar-refractivity contribution in [1.82, 2.24) is 5.32 Å². The van der Waals surface area contributed by atoms with Gasteiger partial charge in [0.2, 0.25) is 11.8 Å². The lowest BCUT2D eigenvalue weighted by Crippen LogP contribution is -2.32. The van der Waals surface area contributed by atoms with Gasteiger partial charge >= 0.3 is 6.18 Å². The van der Waals surface area contributed by atoms with Crippen LogP contribution in [-0.4, -0.2) is 45.4 Å². The molecule has 0 spiro atoms. The molecule has 1 unspecified atom stereocenters. The van der Waals surface area contributed by atoms with Gasteiger partial charge in [0, 0.05) is 31.3 Å². The maximum atomic E-state index is 12.6. The van der Waals surface area contributed by atoms with Crippen molar-refractivity contribution in [1.29, 1.82) is 0 Å². The van der Waals surface area contributed by atoms with E-state index in [4.69, 9.17) is 9.47 Å². The number of benzene rings is 2. The van der Waals surface area contributed by atoms with Gasteiger partial charge in [0.15, 0.2) is 11.5 Å². The fraction of sp³-hybridized carbons (Fsp3) is 0.391. The summed E-state index contributed by atoms with van der Waals surface area (Å²) in [7, 11) is 3.03. The van der Waals surface area contributed by atoms with Crippen molar-refractivity contribution in [3.05, 3.63) is 53.6 Å². The highest BCUT2D eigenvalue weighted by atomic mass is 19.4. The molecule has 33 heavy (non-hydrogen) atoms. The highest BCUT2D eigenvalue weighted by Gasteiger charge is 2.35. The predicted octanol–water partition coefficient (Wildman–Crippen LogP) is 3.45. The zero-order valence-electron chi connectivity index (χ0n) is 18.3. The monoisotopic (exact) mass is 466 g/mol. The Morgan fingerprint density at radius 3 is 2.36 bits per heavy atom. The quantitative estimate of drug-likeness (QED) is 0.613. The zero-order valence-corrected chi connectivity index (χ0v) is 18.3. The molecule has 0 bridgehead atoms. The second-order valence-electron chi connectivity index (χ2n) is 7.59. The van der Waals surface area contributed by atoms with E-state index in [0.29, 0.717) is 22.7 Å². The summed E-state index contributed by atoms with van der Waals surface area (Å²) in [5.41, 5.74) is 2.00. The number of hydrogen-bond donors (Lipinski definition) is 1. The van der Waals surface area contributed by atoms with Crippen LogP contribution in [0, 0.1) is 5.92 Å². The number of carbonyl (C=O) groups is 2. The molecule has 0 saturated carbocycles. The maximum Gasteiger partial charge on any atom is 0.411 e. The molecule has 1 fully saturated rings. The van der Waals surface area contributed by atoms with Crippen LogP contribution in [0.2, 0.25) is 0 Å². The van der Waals surface area contributed by atoms with Crippen molar-refractivity contribution in [3.8, 4) is 11.5 Å². The Hall–Kier alpha value is -3.27. The van der Waals surface area contributed by atoms with Gasteiger partial charge in [0.1, 0.15) is 6.61 Å². The molecule has 1 aliphatic heterocycles. The minimum Gasteiger partial charge on any atom is -0.493 e. The minimum absolute atomic E-state index is 0.0929. The lowest BCUT2D eigenvalue weighted by atomic mass is 10.1. The Balaban J connectivity index is 1.52. The van der Waals surface area contributed by atoms with Crippen LogP contribution in [0.15, 0.2) is 42.5 Å². The smallest absolute Gasteiger partial charge is 0.411 e. The molecule has 10 heteroatoms. The maximum absolute atomic E-state index is 12.6. The summed E-state index contributed by atoms with van der Waals surface area (Å²) >= 11 is 0. The van der Waals surface area contributed by atoms with E-state index in [9.17, 15) is 22.8 Å². The summed E-state index contributed by atoms with van der Waals surface area (Å²) in [4.78, 5) is 26.6. The Labute approximate surface area is 189 Å². The van der Waals surface area contributed by atoms with E-state index in [1.807, 2.05) is 0 Å². The van der Waals surface area contributed by atoms with Crippen molar-refractivity contribution < 1.29 is 37.0 Å². The topological polar surface area (TPSA) is 77.1 Å². The lowest BCUT2D eigenvalue weighted by Gasteiger charge is -2.18. The van der Waals surface area contributed by atoms with Gasteiger partial charge in [-0.15, -0.1) is 0 Å². The van der Waals surface area contributed by atoms with Gasteiger partial charge < -0.3 is 24.4 Å². The molecule has 1 heterocycles. The number of hydrogen-bond acceptors (Lipinski definition) is 5. The van der Waals surface area contributed by atoms with E-state index in [-0.39, 0.29) is 37.9 Å². The van der Waals surface area contributed by atoms with Crippen LogP contribution in [0.4, 0.5) is 18.9 Å². The molecule has 3 rings (SSSR count). The van der Waals surface area contributed by atoms with E-state index in [2.05, 4.69) is 10.1 Å². The molecule has 2 aromatic rings. The highest BCUT2D eigenvalue weighted by molar-refractivity contribution is 6.00. The van der Waals surface area contributed by atoms with Crippen molar-refractivity contribution in [3.63, 3.8) is 0 Å². The van der Waals surface area contributed by atoms with Gasteiger partial charge in [-0.2, -0.15) is 13.2 Å². The number of methoxy groups -OCH3 is 2. The van der Waals surface area contributed by atoms with Crippen molar-refractivity contribution >= 4 is 17.5 Å². The number of amides is 2. The van der Waals surface area contributed by atoms with E-state index in [1.54, 1.807) is 47.4 Å². The lowest BCUT2D eigenvalue weighted by molar-refractivity contribution is -0.176. The summed E-state index contributed by atoms with van der Waals surface area (Å²) in [6, 6.07) is 11.8. The van der Waals surface area contributed by atoms with Gasteiger partial charge in [0.05, 0.1) is 26.7 Å². The molecule has 1 N–H and O–H groups in total. The number of halogens is 3. The Morgan fingerprint density at radius 1 is 1.06 bits per heavy atom. The molecule has 2 amide bonds. The molecule has 178 valence electrons. The highest BCUT2D eigenvalue weighted by Crippen LogP contribution is 2.34.